The maximum atomic E-state index is 13.1. The molecule has 4 heterocycles. The van der Waals surface area contributed by atoms with Gasteiger partial charge in [0.2, 0.25) is 0 Å². The first-order chi connectivity index (χ1) is 20.4. The Hall–Kier alpha value is -4.92. The number of urea groups is 1. The lowest BCUT2D eigenvalue weighted by Crippen LogP contribution is -2.44. The van der Waals surface area contributed by atoms with Crippen molar-refractivity contribution in [3.05, 3.63) is 47.0 Å². The summed E-state index contributed by atoms with van der Waals surface area (Å²) in [5, 5.41) is 16.3. The number of carbonyl (C=O) groups excluding carboxylic acids is 4. The molecule has 226 valence electrons. The van der Waals surface area contributed by atoms with E-state index in [9.17, 15) is 19.2 Å². The number of pyridine rings is 1. The summed E-state index contributed by atoms with van der Waals surface area (Å²) in [4.78, 5) is 59.3. The van der Waals surface area contributed by atoms with Crippen molar-refractivity contribution in [1.82, 2.24) is 35.1 Å². The van der Waals surface area contributed by atoms with Crippen LogP contribution in [-0.2, 0) is 19.1 Å². The number of anilines is 3. The van der Waals surface area contributed by atoms with Crippen LogP contribution in [-0.4, -0.2) is 72.9 Å². The highest BCUT2D eigenvalue weighted by Gasteiger charge is 2.35. The first-order valence-electron chi connectivity index (χ1n) is 13.4. The summed E-state index contributed by atoms with van der Waals surface area (Å²) in [6, 6.07) is 1.95. The Morgan fingerprint density at radius 1 is 1.26 bits per heavy atom. The average molecular weight is 612 g/mol. The predicted molar refractivity (Wildman–Crippen MR) is 155 cm³/mol. The van der Waals surface area contributed by atoms with E-state index in [1.54, 1.807) is 43.6 Å². The van der Waals surface area contributed by atoms with Crippen molar-refractivity contribution in [1.29, 1.82) is 0 Å². The number of esters is 1. The maximum absolute atomic E-state index is 13.1. The summed E-state index contributed by atoms with van der Waals surface area (Å²) in [6.45, 7) is 5.77. The third-order valence-corrected chi connectivity index (χ3v) is 6.45. The molecule has 1 saturated heterocycles. The Labute approximate surface area is 251 Å². The molecule has 1 unspecified atom stereocenters. The molecule has 1 saturated carbocycles. The number of fused-ring (bicyclic) bond motifs is 1. The van der Waals surface area contributed by atoms with Gasteiger partial charge in [-0.3, -0.25) is 9.78 Å². The molecule has 2 fully saturated rings. The number of hydrogen-bond acceptors (Lipinski definition) is 11. The van der Waals surface area contributed by atoms with Crippen LogP contribution in [0, 0.1) is 0 Å². The minimum Gasteiger partial charge on any atom is -0.444 e. The van der Waals surface area contributed by atoms with Crippen LogP contribution in [0.5, 0.6) is 0 Å². The summed E-state index contributed by atoms with van der Waals surface area (Å²) >= 11 is 6.27. The number of nitrogens with one attached hydrogen (secondary N) is 4. The van der Waals surface area contributed by atoms with Gasteiger partial charge < -0.3 is 30.7 Å². The summed E-state index contributed by atoms with van der Waals surface area (Å²) < 4.78 is 11.8. The molecule has 4 N–H and O–H groups in total. The summed E-state index contributed by atoms with van der Waals surface area (Å²) in [6.07, 6.45) is 7.31. The number of ether oxygens (including phenoxy) is 2. The molecule has 15 nitrogen and oxygen atoms in total. The van der Waals surface area contributed by atoms with E-state index < -0.39 is 42.4 Å². The van der Waals surface area contributed by atoms with E-state index in [2.05, 4.69) is 36.3 Å². The van der Waals surface area contributed by atoms with E-state index in [-0.39, 0.29) is 5.70 Å². The molecule has 2 aliphatic rings. The van der Waals surface area contributed by atoms with Crippen LogP contribution in [0.2, 0.25) is 5.02 Å². The number of alkyl carbamates (subject to hydrolysis) is 1. The van der Waals surface area contributed by atoms with Gasteiger partial charge in [-0.1, -0.05) is 11.6 Å². The number of imide groups is 1. The fraction of sp³-hybridized carbons (Fsp3) is 0.370. The summed E-state index contributed by atoms with van der Waals surface area (Å²) in [5.41, 5.74) is 0.628. The van der Waals surface area contributed by atoms with Crippen LogP contribution in [0.1, 0.15) is 46.1 Å². The van der Waals surface area contributed by atoms with Crippen LogP contribution >= 0.6 is 11.6 Å². The SMILES string of the molecule is CC(NC(=O)OC(C)(C)C)C(=O)OCN1C(=O)NC(=Cc2cnn3c(NC4CC4)cc(Nc4ccncc4Cl)nc23)C1=O. The fourth-order valence-electron chi connectivity index (χ4n) is 3.94. The van der Waals surface area contributed by atoms with Gasteiger partial charge in [0.1, 0.15) is 29.0 Å². The van der Waals surface area contributed by atoms with Gasteiger partial charge in [-0.25, -0.2) is 24.3 Å². The molecule has 1 aliphatic heterocycles. The van der Waals surface area contributed by atoms with Crippen molar-refractivity contribution in [3.63, 3.8) is 0 Å². The van der Waals surface area contributed by atoms with E-state index in [0.29, 0.717) is 39.6 Å². The summed E-state index contributed by atoms with van der Waals surface area (Å²) in [7, 11) is 0. The normalized spacial score (nSPS) is 16.7. The third kappa shape index (κ3) is 7.12. The molecule has 3 aromatic heterocycles. The maximum Gasteiger partial charge on any atom is 0.408 e. The number of nitrogens with zero attached hydrogens (tertiary/aromatic N) is 5. The highest BCUT2D eigenvalue weighted by Crippen LogP contribution is 2.30. The minimum absolute atomic E-state index is 0.0649. The zero-order chi connectivity index (χ0) is 30.9. The van der Waals surface area contributed by atoms with Crippen molar-refractivity contribution in [3.8, 4) is 0 Å². The van der Waals surface area contributed by atoms with E-state index in [1.807, 2.05) is 0 Å². The molecular formula is C27H30ClN9O6. The van der Waals surface area contributed by atoms with E-state index in [1.165, 1.54) is 25.4 Å². The monoisotopic (exact) mass is 611 g/mol. The average Bonchev–Trinajstić information content (AvgIpc) is 3.59. The van der Waals surface area contributed by atoms with Crippen molar-refractivity contribution >= 4 is 64.6 Å². The van der Waals surface area contributed by atoms with Crippen molar-refractivity contribution in [2.45, 2.75) is 58.2 Å². The van der Waals surface area contributed by atoms with Crippen LogP contribution in [0.25, 0.3) is 11.7 Å². The second-order valence-corrected chi connectivity index (χ2v) is 11.4. The summed E-state index contributed by atoms with van der Waals surface area (Å²) in [5.74, 6) is -0.442. The first kappa shape index (κ1) is 29.6. The molecular weight excluding hydrogens is 582 g/mol. The van der Waals surface area contributed by atoms with Crippen molar-refractivity contribution in [2.75, 3.05) is 17.4 Å². The molecule has 5 rings (SSSR count). The molecule has 0 aromatic carbocycles. The highest BCUT2D eigenvalue weighted by atomic mass is 35.5. The molecule has 1 aliphatic carbocycles. The second kappa shape index (κ2) is 11.8. The lowest BCUT2D eigenvalue weighted by Gasteiger charge is -2.21. The minimum atomic E-state index is -1.08. The molecule has 1 atom stereocenters. The van der Waals surface area contributed by atoms with Crippen molar-refractivity contribution in [2.24, 2.45) is 0 Å². The van der Waals surface area contributed by atoms with Crippen LogP contribution in [0.15, 0.2) is 36.4 Å². The Morgan fingerprint density at radius 3 is 2.72 bits per heavy atom. The number of hydrogen-bond donors (Lipinski definition) is 4. The fourth-order valence-corrected chi connectivity index (χ4v) is 4.11. The lowest BCUT2D eigenvalue weighted by molar-refractivity contribution is -0.150. The van der Waals surface area contributed by atoms with Gasteiger partial charge in [0, 0.05) is 30.1 Å². The van der Waals surface area contributed by atoms with Crippen LogP contribution in [0.3, 0.4) is 0 Å². The Bertz CT molecular complexity index is 1630. The van der Waals surface area contributed by atoms with Gasteiger partial charge in [0.15, 0.2) is 12.4 Å². The van der Waals surface area contributed by atoms with E-state index in [0.717, 1.165) is 17.7 Å². The van der Waals surface area contributed by atoms with E-state index >= 15 is 0 Å². The Kier molecular flexibility index (Phi) is 8.08. The molecule has 0 spiro atoms. The smallest absolute Gasteiger partial charge is 0.408 e. The van der Waals surface area contributed by atoms with Gasteiger partial charge in [0.05, 0.1) is 16.9 Å². The quantitative estimate of drug-likeness (QED) is 0.158. The lowest BCUT2D eigenvalue weighted by atomic mass is 10.2. The van der Waals surface area contributed by atoms with Gasteiger partial charge >= 0.3 is 18.1 Å². The largest absolute Gasteiger partial charge is 0.444 e. The van der Waals surface area contributed by atoms with Gasteiger partial charge in [0.25, 0.3) is 5.91 Å². The molecule has 4 amide bonds. The molecule has 43 heavy (non-hydrogen) atoms. The Morgan fingerprint density at radius 2 is 2.02 bits per heavy atom. The molecule has 3 aromatic rings. The topological polar surface area (TPSA) is 181 Å². The van der Waals surface area contributed by atoms with Gasteiger partial charge in [-0.2, -0.15) is 9.61 Å². The number of halogens is 1. The zero-order valence-electron chi connectivity index (χ0n) is 23.8. The molecule has 0 bridgehead atoms. The van der Waals surface area contributed by atoms with E-state index in [4.69, 9.17) is 21.1 Å². The number of aromatic nitrogens is 4. The van der Waals surface area contributed by atoms with Gasteiger partial charge in [-0.15, -0.1) is 0 Å². The number of amides is 4. The first-order valence-corrected chi connectivity index (χ1v) is 13.8. The number of carbonyl (C=O) groups is 4. The zero-order valence-corrected chi connectivity index (χ0v) is 24.6. The van der Waals surface area contributed by atoms with Crippen LogP contribution < -0.4 is 21.3 Å². The second-order valence-electron chi connectivity index (χ2n) is 10.9. The highest BCUT2D eigenvalue weighted by molar-refractivity contribution is 6.33. The molecule has 0 radical (unpaired) electrons. The third-order valence-electron chi connectivity index (χ3n) is 6.15. The predicted octanol–water partition coefficient (Wildman–Crippen LogP) is 3.40. The standard InChI is InChI=1S/C27H30ClN9O6/c1-14(31-26(41)43-27(2,3)4)24(39)42-13-36-23(38)19(34-25(36)40)9-15-11-30-37-21(32-16-5-6-16)10-20(35-22(15)37)33-18-7-8-29-12-17(18)28/h7-12,14,16,32H,5-6,13H2,1-4H3,(H,31,41)(H,34,40)(H,29,33,35). The Balaban J connectivity index is 1.32. The van der Waals surface area contributed by atoms with Crippen molar-refractivity contribution < 1.29 is 28.7 Å². The van der Waals surface area contributed by atoms with Gasteiger partial charge in [-0.05, 0) is 52.7 Å². The molecule has 16 heteroatoms. The number of rotatable bonds is 9. The van der Waals surface area contributed by atoms with Crippen LogP contribution in [0.4, 0.5) is 26.9 Å².